The lowest BCUT2D eigenvalue weighted by Crippen LogP contribution is -2.35. The molecular weight excluding hydrogens is 186 g/mol. The van der Waals surface area contributed by atoms with E-state index < -0.39 is 0 Å². The van der Waals surface area contributed by atoms with E-state index >= 15 is 0 Å². The lowest BCUT2D eigenvalue weighted by Gasteiger charge is -2.30. The second-order valence-corrected chi connectivity index (χ2v) is 5.23. The molecule has 2 atom stereocenters. The second kappa shape index (κ2) is 5.86. The highest BCUT2D eigenvalue weighted by Gasteiger charge is 2.22. The maximum absolute atomic E-state index is 5.98. The topological polar surface area (TPSA) is 21.3 Å². The Morgan fingerprint density at radius 2 is 1.93 bits per heavy atom. The molecule has 0 aromatic heterocycles. The van der Waals surface area contributed by atoms with Crippen molar-refractivity contribution in [2.24, 2.45) is 5.92 Å². The van der Waals surface area contributed by atoms with Crippen molar-refractivity contribution >= 4 is 0 Å². The molecule has 0 aromatic rings. The fraction of sp³-hybridized carbons (Fsp3) is 1.00. The molecule has 0 aromatic carbocycles. The van der Waals surface area contributed by atoms with E-state index in [1.807, 2.05) is 0 Å². The molecule has 2 saturated carbocycles. The van der Waals surface area contributed by atoms with Crippen LogP contribution in [-0.2, 0) is 4.74 Å². The van der Waals surface area contributed by atoms with Gasteiger partial charge >= 0.3 is 0 Å². The van der Waals surface area contributed by atoms with Crippen LogP contribution in [0.4, 0.5) is 0 Å². The van der Waals surface area contributed by atoms with Crippen molar-refractivity contribution in [1.82, 2.24) is 5.32 Å². The molecule has 0 bridgehead atoms. The largest absolute Gasteiger partial charge is 0.378 e. The minimum atomic E-state index is 0.538. The van der Waals surface area contributed by atoms with E-state index in [-0.39, 0.29) is 0 Å². The fourth-order valence-corrected chi connectivity index (χ4v) is 2.74. The number of hydrogen-bond acceptors (Lipinski definition) is 2. The van der Waals surface area contributed by atoms with Crippen LogP contribution in [0.1, 0.15) is 51.4 Å². The van der Waals surface area contributed by atoms with Crippen molar-refractivity contribution in [3.05, 3.63) is 0 Å². The maximum atomic E-state index is 5.98. The first-order valence-corrected chi connectivity index (χ1v) is 6.67. The van der Waals surface area contributed by atoms with Gasteiger partial charge in [0.05, 0.1) is 6.10 Å². The highest BCUT2D eigenvalue weighted by molar-refractivity contribution is 4.77. The Hall–Kier alpha value is -0.0800. The van der Waals surface area contributed by atoms with Crippen LogP contribution in [0.2, 0.25) is 0 Å². The summed E-state index contributed by atoms with van der Waals surface area (Å²) in [6.45, 7) is 1.01. The molecule has 1 N–H and O–H groups in total. The smallest absolute Gasteiger partial charge is 0.0590 e. The standard InChI is InChI=1S/C13H25NO/c1-14-12-6-3-7-13(10-12)15-9-8-11-4-2-5-11/h11-14H,2-10H2,1H3. The van der Waals surface area contributed by atoms with Gasteiger partial charge in [-0.25, -0.2) is 0 Å². The third-order valence-electron chi connectivity index (χ3n) is 4.14. The monoisotopic (exact) mass is 211 g/mol. The van der Waals surface area contributed by atoms with Crippen LogP contribution in [0.3, 0.4) is 0 Å². The van der Waals surface area contributed by atoms with Gasteiger partial charge in [-0.2, -0.15) is 0 Å². The van der Waals surface area contributed by atoms with Crippen molar-refractivity contribution in [1.29, 1.82) is 0 Å². The van der Waals surface area contributed by atoms with E-state index in [0.29, 0.717) is 12.1 Å². The van der Waals surface area contributed by atoms with E-state index in [4.69, 9.17) is 4.74 Å². The summed E-state index contributed by atoms with van der Waals surface area (Å²) in [5.74, 6) is 0.994. The molecule has 88 valence electrons. The van der Waals surface area contributed by atoms with Crippen LogP contribution < -0.4 is 5.32 Å². The summed E-state index contributed by atoms with van der Waals surface area (Å²) in [6.07, 6.45) is 11.4. The SMILES string of the molecule is CNC1CCCC(OCCC2CCC2)C1. The van der Waals surface area contributed by atoms with Gasteiger partial charge in [-0.05, 0) is 45.1 Å². The molecule has 2 rings (SSSR count). The summed E-state index contributed by atoms with van der Waals surface area (Å²) in [6, 6.07) is 0.701. The fourth-order valence-electron chi connectivity index (χ4n) is 2.74. The summed E-state index contributed by atoms with van der Waals surface area (Å²) >= 11 is 0. The normalized spacial score (nSPS) is 32.6. The molecule has 15 heavy (non-hydrogen) atoms. The maximum Gasteiger partial charge on any atom is 0.0590 e. The zero-order chi connectivity index (χ0) is 10.5. The molecule has 0 saturated heterocycles. The average molecular weight is 211 g/mol. The van der Waals surface area contributed by atoms with E-state index in [1.54, 1.807) is 0 Å². The molecule has 2 heteroatoms. The Balaban J connectivity index is 1.56. The molecule has 2 aliphatic rings. The minimum absolute atomic E-state index is 0.538. The molecule has 0 spiro atoms. The highest BCUT2D eigenvalue weighted by Crippen LogP contribution is 2.30. The Morgan fingerprint density at radius 3 is 2.60 bits per heavy atom. The second-order valence-electron chi connectivity index (χ2n) is 5.23. The predicted molar refractivity (Wildman–Crippen MR) is 63.0 cm³/mol. The van der Waals surface area contributed by atoms with E-state index in [1.165, 1.54) is 51.4 Å². The van der Waals surface area contributed by atoms with Gasteiger partial charge in [0.1, 0.15) is 0 Å². The number of nitrogens with one attached hydrogen (secondary N) is 1. The van der Waals surface area contributed by atoms with Crippen LogP contribution in [0, 0.1) is 5.92 Å². The van der Waals surface area contributed by atoms with Crippen LogP contribution in [-0.4, -0.2) is 25.8 Å². The quantitative estimate of drug-likeness (QED) is 0.755. The highest BCUT2D eigenvalue weighted by atomic mass is 16.5. The van der Waals surface area contributed by atoms with Crippen molar-refractivity contribution in [3.63, 3.8) is 0 Å². The summed E-state index contributed by atoms with van der Waals surface area (Å²) in [4.78, 5) is 0. The molecule has 0 aliphatic heterocycles. The summed E-state index contributed by atoms with van der Waals surface area (Å²) in [7, 11) is 2.07. The molecule has 2 nitrogen and oxygen atoms in total. The first-order chi connectivity index (χ1) is 7.38. The van der Waals surface area contributed by atoms with Gasteiger partial charge in [0.2, 0.25) is 0 Å². The predicted octanol–water partition coefficient (Wildman–Crippen LogP) is 2.72. The summed E-state index contributed by atoms with van der Waals surface area (Å²) < 4.78 is 5.98. The Bertz CT molecular complexity index is 179. The van der Waals surface area contributed by atoms with Crippen molar-refractivity contribution in [2.45, 2.75) is 63.5 Å². The van der Waals surface area contributed by atoms with Gasteiger partial charge < -0.3 is 10.1 Å². The average Bonchev–Trinajstić information content (AvgIpc) is 2.22. The number of rotatable bonds is 5. The van der Waals surface area contributed by atoms with E-state index in [2.05, 4.69) is 12.4 Å². The third kappa shape index (κ3) is 3.46. The lowest BCUT2D eigenvalue weighted by atomic mass is 9.83. The lowest BCUT2D eigenvalue weighted by molar-refractivity contribution is 0.00927. The molecule has 0 radical (unpaired) electrons. The van der Waals surface area contributed by atoms with Gasteiger partial charge in [0, 0.05) is 12.6 Å². The van der Waals surface area contributed by atoms with Crippen LogP contribution in [0.25, 0.3) is 0 Å². The van der Waals surface area contributed by atoms with Crippen LogP contribution in [0.5, 0.6) is 0 Å². The zero-order valence-electron chi connectivity index (χ0n) is 10.0. The number of ether oxygens (including phenoxy) is 1. The number of hydrogen-bond donors (Lipinski definition) is 1. The van der Waals surface area contributed by atoms with Crippen molar-refractivity contribution in [3.8, 4) is 0 Å². The molecular formula is C13H25NO. The van der Waals surface area contributed by atoms with E-state index in [0.717, 1.165) is 12.5 Å². The van der Waals surface area contributed by atoms with Gasteiger partial charge in [0.25, 0.3) is 0 Å². The first kappa shape index (κ1) is 11.4. The van der Waals surface area contributed by atoms with E-state index in [9.17, 15) is 0 Å². The minimum Gasteiger partial charge on any atom is -0.378 e. The molecule has 2 fully saturated rings. The van der Waals surface area contributed by atoms with Crippen LogP contribution >= 0.6 is 0 Å². The van der Waals surface area contributed by atoms with Gasteiger partial charge in [-0.1, -0.05) is 19.3 Å². The Labute approximate surface area is 93.8 Å². The third-order valence-corrected chi connectivity index (χ3v) is 4.14. The van der Waals surface area contributed by atoms with Gasteiger partial charge in [-0.3, -0.25) is 0 Å². The zero-order valence-corrected chi connectivity index (χ0v) is 10.0. The summed E-state index contributed by atoms with van der Waals surface area (Å²) in [5.41, 5.74) is 0. The molecule has 2 aliphatic carbocycles. The van der Waals surface area contributed by atoms with Crippen molar-refractivity contribution in [2.75, 3.05) is 13.7 Å². The van der Waals surface area contributed by atoms with Gasteiger partial charge in [0.15, 0.2) is 0 Å². The molecule has 0 heterocycles. The van der Waals surface area contributed by atoms with Crippen molar-refractivity contribution < 1.29 is 4.74 Å². The summed E-state index contributed by atoms with van der Waals surface area (Å²) in [5, 5.41) is 3.38. The first-order valence-electron chi connectivity index (χ1n) is 6.67. The Morgan fingerprint density at radius 1 is 1.13 bits per heavy atom. The van der Waals surface area contributed by atoms with Crippen LogP contribution in [0.15, 0.2) is 0 Å². The van der Waals surface area contributed by atoms with Gasteiger partial charge in [-0.15, -0.1) is 0 Å². The molecule has 0 amide bonds. The Kier molecular flexibility index (Phi) is 4.45. The molecule has 2 unspecified atom stereocenters.